The zero-order chi connectivity index (χ0) is 14.5. The minimum Gasteiger partial charge on any atom is -0.508 e. The van der Waals surface area contributed by atoms with Crippen LogP contribution in [0.3, 0.4) is 0 Å². The molecule has 0 aliphatic carbocycles. The molecule has 106 valence electrons. The lowest BCUT2D eigenvalue weighted by atomic mass is 10.0. The summed E-state index contributed by atoms with van der Waals surface area (Å²) in [5.74, 6) is 0.864. The molecule has 2 aromatic rings. The topological polar surface area (TPSA) is 32.3 Å². The maximum atomic E-state index is 9.29. The van der Waals surface area contributed by atoms with Crippen LogP contribution in [0.2, 0.25) is 0 Å². The average Bonchev–Trinajstić information content (AvgIpc) is 2.41. The van der Waals surface area contributed by atoms with Crippen LogP contribution in [-0.2, 0) is 6.42 Å². The van der Waals surface area contributed by atoms with E-state index >= 15 is 0 Å². The van der Waals surface area contributed by atoms with Crippen LogP contribution in [0.15, 0.2) is 48.5 Å². The second kappa shape index (κ2) is 6.47. The molecular formula is C18H23NO. The molecule has 1 atom stereocenters. The number of rotatable bonds is 5. The fraction of sp³-hybridized carbons (Fsp3) is 0.333. The largest absolute Gasteiger partial charge is 0.508 e. The Morgan fingerprint density at radius 1 is 1.00 bits per heavy atom. The highest BCUT2D eigenvalue weighted by Gasteiger charge is 2.05. The number of nitrogens with one attached hydrogen (secondary N) is 1. The number of hydrogen-bond donors (Lipinski definition) is 2. The van der Waals surface area contributed by atoms with Crippen LogP contribution in [0.4, 0.5) is 5.69 Å². The molecule has 0 amide bonds. The molecule has 2 nitrogen and oxygen atoms in total. The second-order valence-electron chi connectivity index (χ2n) is 5.70. The molecule has 0 bridgehead atoms. The van der Waals surface area contributed by atoms with Crippen LogP contribution in [0.1, 0.15) is 37.8 Å². The molecule has 0 aromatic heterocycles. The number of phenols is 1. The highest BCUT2D eigenvalue weighted by Crippen LogP contribution is 2.20. The number of aromatic hydroxyl groups is 1. The summed E-state index contributed by atoms with van der Waals surface area (Å²) in [7, 11) is 0. The van der Waals surface area contributed by atoms with E-state index in [0.717, 1.165) is 6.42 Å². The fourth-order valence-corrected chi connectivity index (χ4v) is 2.31. The molecule has 0 heterocycles. The zero-order valence-electron chi connectivity index (χ0n) is 12.4. The third-order valence-corrected chi connectivity index (χ3v) is 3.44. The summed E-state index contributed by atoms with van der Waals surface area (Å²) in [6.07, 6.45) is 0.937. The summed E-state index contributed by atoms with van der Waals surface area (Å²) >= 11 is 0. The standard InChI is InChI=1S/C18H23NO/c1-13(2)16-5-4-6-17(12-16)19-14(3)11-15-7-9-18(20)10-8-15/h4-10,12-14,19-20H,11H2,1-3H3. The van der Waals surface area contributed by atoms with Gasteiger partial charge in [-0.25, -0.2) is 0 Å². The van der Waals surface area contributed by atoms with E-state index in [1.807, 2.05) is 12.1 Å². The molecule has 2 N–H and O–H groups in total. The van der Waals surface area contributed by atoms with Crippen molar-refractivity contribution in [3.8, 4) is 5.75 Å². The lowest BCUT2D eigenvalue weighted by Gasteiger charge is -2.17. The van der Waals surface area contributed by atoms with Gasteiger partial charge in [-0.15, -0.1) is 0 Å². The van der Waals surface area contributed by atoms with Crippen molar-refractivity contribution in [1.29, 1.82) is 0 Å². The van der Waals surface area contributed by atoms with Gasteiger partial charge in [0.25, 0.3) is 0 Å². The first kappa shape index (κ1) is 14.4. The maximum Gasteiger partial charge on any atom is 0.115 e. The molecule has 0 spiro atoms. The second-order valence-corrected chi connectivity index (χ2v) is 5.70. The van der Waals surface area contributed by atoms with Gasteiger partial charge in [0.2, 0.25) is 0 Å². The maximum absolute atomic E-state index is 9.29. The highest BCUT2D eigenvalue weighted by molar-refractivity contribution is 5.47. The van der Waals surface area contributed by atoms with E-state index in [0.29, 0.717) is 17.7 Å². The van der Waals surface area contributed by atoms with E-state index in [1.165, 1.54) is 16.8 Å². The molecule has 0 radical (unpaired) electrons. The molecule has 0 aliphatic heterocycles. The van der Waals surface area contributed by atoms with Crippen molar-refractivity contribution in [3.05, 3.63) is 59.7 Å². The predicted octanol–water partition coefficient (Wildman–Crippen LogP) is 4.56. The van der Waals surface area contributed by atoms with Gasteiger partial charge in [-0.1, -0.05) is 38.1 Å². The van der Waals surface area contributed by atoms with Gasteiger partial charge in [0.05, 0.1) is 0 Å². The lowest BCUT2D eigenvalue weighted by molar-refractivity contribution is 0.475. The smallest absolute Gasteiger partial charge is 0.115 e. The van der Waals surface area contributed by atoms with Crippen LogP contribution >= 0.6 is 0 Å². The monoisotopic (exact) mass is 269 g/mol. The van der Waals surface area contributed by atoms with E-state index in [1.54, 1.807) is 12.1 Å². The summed E-state index contributed by atoms with van der Waals surface area (Å²) in [6.45, 7) is 6.59. The first-order valence-electron chi connectivity index (χ1n) is 7.19. The quantitative estimate of drug-likeness (QED) is 0.834. The van der Waals surface area contributed by atoms with Crippen molar-refractivity contribution in [1.82, 2.24) is 0 Å². The minimum absolute atomic E-state index is 0.319. The van der Waals surface area contributed by atoms with Crippen molar-refractivity contribution in [2.24, 2.45) is 0 Å². The molecule has 1 unspecified atom stereocenters. The van der Waals surface area contributed by atoms with Gasteiger partial charge in [-0.2, -0.15) is 0 Å². The summed E-state index contributed by atoms with van der Waals surface area (Å²) < 4.78 is 0. The van der Waals surface area contributed by atoms with E-state index in [9.17, 15) is 5.11 Å². The van der Waals surface area contributed by atoms with Gasteiger partial charge in [0, 0.05) is 11.7 Å². The van der Waals surface area contributed by atoms with Gasteiger partial charge in [-0.3, -0.25) is 0 Å². The van der Waals surface area contributed by atoms with E-state index in [4.69, 9.17) is 0 Å². The molecule has 2 aromatic carbocycles. The Hall–Kier alpha value is -1.96. The third kappa shape index (κ3) is 4.02. The summed E-state index contributed by atoms with van der Waals surface area (Å²) in [5.41, 5.74) is 3.75. The van der Waals surface area contributed by atoms with Crippen LogP contribution in [-0.4, -0.2) is 11.1 Å². The van der Waals surface area contributed by atoms with Gasteiger partial charge in [0.15, 0.2) is 0 Å². The van der Waals surface area contributed by atoms with Crippen molar-refractivity contribution in [2.75, 3.05) is 5.32 Å². The lowest BCUT2D eigenvalue weighted by Crippen LogP contribution is -2.18. The molecule has 0 saturated carbocycles. The Bertz CT molecular complexity index is 546. The van der Waals surface area contributed by atoms with E-state index in [2.05, 4.69) is 50.4 Å². The first-order chi connectivity index (χ1) is 9.54. The van der Waals surface area contributed by atoms with E-state index in [-0.39, 0.29) is 0 Å². The van der Waals surface area contributed by atoms with Crippen LogP contribution < -0.4 is 5.32 Å². The number of phenolic OH excluding ortho intramolecular Hbond substituents is 1. The molecule has 20 heavy (non-hydrogen) atoms. The summed E-state index contributed by atoms with van der Waals surface area (Å²) in [4.78, 5) is 0. The summed E-state index contributed by atoms with van der Waals surface area (Å²) in [5, 5.41) is 12.8. The third-order valence-electron chi connectivity index (χ3n) is 3.44. The van der Waals surface area contributed by atoms with E-state index < -0.39 is 0 Å². The SMILES string of the molecule is CC(Cc1ccc(O)cc1)Nc1cccc(C(C)C)c1. The minimum atomic E-state index is 0.319. The Labute approximate surface area is 121 Å². The fourth-order valence-electron chi connectivity index (χ4n) is 2.31. The number of hydrogen-bond acceptors (Lipinski definition) is 2. The first-order valence-corrected chi connectivity index (χ1v) is 7.19. The highest BCUT2D eigenvalue weighted by atomic mass is 16.3. The molecule has 0 fully saturated rings. The molecule has 0 aliphatic rings. The van der Waals surface area contributed by atoms with Crippen molar-refractivity contribution < 1.29 is 5.11 Å². The van der Waals surface area contributed by atoms with Crippen LogP contribution in [0.25, 0.3) is 0 Å². The van der Waals surface area contributed by atoms with Gasteiger partial charge >= 0.3 is 0 Å². The molecule has 2 heteroatoms. The van der Waals surface area contributed by atoms with Crippen molar-refractivity contribution in [3.63, 3.8) is 0 Å². The van der Waals surface area contributed by atoms with Crippen molar-refractivity contribution in [2.45, 2.75) is 39.2 Å². The Kier molecular flexibility index (Phi) is 4.67. The van der Waals surface area contributed by atoms with Crippen LogP contribution in [0.5, 0.6) is 5.75 Å². The molecule has 0 saturated heterocycles. The Morgan fingerprint density at radius 3 is 2.35 bits per heavy atom. The van der Waals surface area contributed by atoms with Gasteiger partial charge in [0.1, 0.15) is 5.75 Å². The Balaban J connectivity index is 1.99. The van der Waals surface area contributed by atoms with Crippen molar-refractivity contribution >= 4 is 5.69 Å². The van der Waals surface area contributed by atoms with Crippen LogP contribution in [0, 0.1) is 0 Å². The van der Waals surface area contributed by atoms with Gasteiger partial charge < -0.3 is 10.4 Å². The average molecular weight is 269 g/mol. The number of anilines is 1. The normalized spacial score (nSPS) is 12.4. The molecule has 2 rings (SSSR count). The summed E-state index contributed by atoms with van der Waals surface area (Å²) in [6, 6.07) is 16.4. The zero-order valence-corrected chi connectivity index (χ0v) is 12.4. The molecular weight excluding hydrogens is 246 g/mol. The number of benzene rings is 2. The predicted molar refractivity (Wildman–Crippen MR) is 85.4 cm³/mol. The Morgan fingerprint density at radius 2 is 1.70 bits per heavy atom. The van der Waals surface area contributed by atoms with Gasteiger partial charge in [-0.05, 0) is 54.7 Å².